The highest BCUT2D eigenvalue weighted by atomic mass is 32.1. The number of nitrogens with one attached hydrogen (secondary N) is 1. The van der Waals surface area contributed by atoms with Crippen LogP contribution in [-0.2, 0) is 4.79 Å². The van der Waals surface area contributed by atoms with Crippen LogP contribution in [0.2, 0.25) is 0 Å². The molecular formula is C21H28N2OS. The maximum absolute atomic E-state index is 12.6. The van der Waals surface area contributed by atoms with Gasteiger partial charge in [0.2, 0.25) is 5.91 Å². The number of hydrogen-bond donors (Lipinski definition) is 1. The zero-order valence-electron chi connectivity index (χ0n) is 15.3. The third-order valence-electron chi connectivity index (χ3n) is 5.26. The number of hydrogen-bond acceptors (Lipinski definition) is 3. The van der Waals surface area contributed by atoms with Crippen molar-refractivity contribution in [3.8, 4) is 11.3 Å². The molecule has 1 fully saturated rings. The first kappa shape index (κ1) is 18.1. The molecule has 0 atom stereocenters. The van der Waals surface area contributed by atoms with Gasteiger partial charge in [-0.25, -0.2) is 4.98 Å². The van der Waals surface area contributed by atoms with Gasteiger partial charge in [0, 0.05) is 16.4 Å². The summed E-state index contributed by atoms with van der Waals surface area (Å²) >= 11 is 1.57. The molecule has 3 nitrogen and oxygen atoms in total. The maximum Gasteiger partial charge on any atom is 0.229 e. The fourth-order valence-corrected chi connectivity index (χ4v) is 4.57. The van der Waals surface area contributed by atoms with E-state index in [4.69, 9.17) is 0 Å². The first-order valence-electron chi connectivity index (χ1n) is 9.51. The molecule has 1 amide bonds. The monoisotopic (exact) mass is 356 g/mol. The fraction of sp³-hybridized carbons (Fsp3) is 0.524. The molecule has 1 heterocycles. The minimum Gasteiger partial charge on any atom is -0.302 e. The Morgan fingerprint density at radius 3 is 2.60 bits per heavy atom. The summed E-state index contributed by atoms with van der Waals surface area (Å²) in [5.41, 5.74) is 2.08. The fourth-order valence-electron chi connectivity index (χ4n) is 3.73. The Kier molecular flexibility index (Phi) is 6.24. The number of benzene rings is 1. The van der Waals surface area contributed by atoms with Crippen LogP contribution in [0.4, 0.5) is 5.13 Å². The van der Waals surface area contributed by atoms with E-state index in [1.165, 1.54) is 32.1 Å². The zero-order chi connectivity index (χ0) is 17.6. The van der Waals surface area contributed by atoms with E-state index in [2.05, 4.69) is 36.3 Å². The normalized spacial score (nSPS) is 20.4. The molecule has 1 aliphatic rings. The highest BCUT2D eigenvalue weighted by Gasteiger charge is 2.26. The van der Waals surface area contributed by atoms with Crippen LogP contribution in [0.3, 0.4) is 0 Å². The Balaban J connectivity index is 1.57. The van der Waals surface area contributed by atoms with Crippen LogP contribution >= 0.6 is 11.3 Å². The molecular weight excluding hydrogens is 328 g/mol. The van der Waals surface area contributed by atoms with E-state index < -0.39 is 0 Å². The van der Waals surface area contributed by atoms with Gasteiger partial charge < -0.3 is 5.32 Å². The lowest BCUT2D eigenvalue weighted by Gasteiger charge is -2.27. The van der Waals surface area contributed by atoms with Crippen molar-refractivity contribution in [3.05, 3.63) is 35.2 Å². The van der Waals surface area contributed by atoms with Crippen molar-refractivity contribution in [1.82, 2.24) is 4.98 Å². The molecule has 1 aromatic heterocycles. The maximum atomic E-state index is 12.6. The Hall–Kier alpha value is -1.68. The number of anilines is 1. The second kappa shape index (κ2) is 8.61. The van der Waals surface area contributed by atoms with Gasteiger partial charge in [-0.05, 0) is 38.5 Å². The number of carbonyl (C=O) groups excluding carboxylic acids is 1. The zero-order valence-corrected chi connectivity index (χ0v) is 16.1. The minimum absolute atomic E-state index is 0.155. The topological polar surface area (TPSA) is 42.0 Å². The molecule has 3 rings (SSSR count). The van der Waals surface area contributed by atoms with Crippen molar-refractivity contribution < 1.29 is 4.79 Å². The molecule has 4 heteroatoms. The molecule has 1 aliphatic carbocycles. The quantitative estimate of drug-likeness (QED) is 0.684. The van der Waals surface area contributed by atoms with Crippen molar-refractivity contribution in [2.45, 2.75) is 58.8 Å². The summed E-state index contributed by atoms with van der Waals surface area (Å²) in [6.07, 6.45) is 8.37. The van der Waals surface area contributed by atoms with Gasteiger partial charge in [-0.1, -0.05) is 56.5 Å². The van der Waals surface area contributed by atoms with Crippen LogP contribution < -0.4 is 5.32 Å². The van der Waals surface area contributed by atoms with Crippen LogP contribution in [0.1, 0.15) is 56.7 Å². The van der Waals surface area contributed by atoms with Gasteiger partial charge in [0.1, 0.15) is 0 Å². The standard InChI is InChI=1S/C21H28N2OS/c1-3-4-8-16-11-13-18(14-12-16)20(24)23-21-22-19(15(2)25-21)17-9-6-5-7-10-17/h5-7,9-10,16,18H,3-4,8,11-14H2,1-2H3,(H,22,23,24). The average molecular weight is 357 g/mol. The van der Waals surface area contributed by atoms with Crippen molar-refractivity contribution >= 4 is 22.4 Å². The number of rotatable bonds is 6. The van der Waals surface area contributed by atoms with E-state index in [1.54, 1.807) is 11.3 Å². The number of aryl methyl sites for hydroxylation is 1. The summed E-state index contributed by atoms with van der Waals surface area (Å²) in [4.78, 5) is 18.4. The minimum atomic E-state index is 0.155. The van der Waals surface area contributed by atoms with E-state index in [0.717, 1.165) is 40.0 Å². The van der Waals surface area contributed by atoms with E-state index in [1.807, 2.05) is 18.2 Å². The van der Waals surface area contributed by atoms with E-state index in [9.17, 15) is 4.79 Å². The Labute approximate surface area is 154 Å². The number of amides is 1. The summed E-state index contributed by atoms with van der Waals surface area (Å²) in [5, 5.41) is 3.80. The highest BCUT2D eigenvalue weighted by Crippen LogP contribution is 2.34. The molecule has 0 bridgehead atoms. The predicted molar refractivity (Wildman–Crippen MR) is 106 cm³/mol. The third kappa shape index (κ3) is 4.69. The van der Waals surface area contributed by atoms with E-state index in [0.29, 0.717) is 0 Å². The smallest absolute Gasteiger partial charge is 0.229 e. The van der Waals surface area contributed by atoms with Gasteiger partial charge in [-0.15, -0.1) is 11.3 Å². The van der Waals surface area contributed by atoms with Crippen LogP contribution in [0.25, 0.3) is 11.3 Å². The summed E-state index contributed by atoms with van der Waals surface area (Å²) < 4.78 is 0. The van der Waals surface area contributed by atoms with Crippen molar-refractivity contribution in [2.24, 2.45) is 11.8 Å². The number of carbonyl (C=O) groups is 1. The number of unbranched alkanes of at least 4 members (excludes halogenated alkanes) is 1. The Morgan fingerprint density at radius 2 is 1.92 bits per heavy atom. The molecule has 2 aromatic rings. The van der Waals surface area contributed by atoms with Crippen molar-refractivity contribution in [2.75, 3.05) is 5.32 Å². The number of thiazole rings is 1. The predicted octanol–water partition coefficient (Wildman–Crippen LogP) is 6.05. The second-order valence-corrected chi connectivity index (χ2v) is 8.34. The van der Waals surface area contributed by atoms with Crippen LogP contribution in [0, 0.1) is 18.8 Å². The van der Waals surface area contributed by atoms with Gasteiger partial charge in [0.25, 0.3) is 0 Å². The lowest BCUT2D eigenvalue weighted by Crippen LogP contribution is -2.27. The molecule has 0 unspecified atom stereocenters. The van der Waals surface area contributed by atoms with Gasteiger partial charge in [-0.2, -0.15) is 0 Å². The molecule has 134 valence electrons. The van der Waals surface area contributed by atoms with Gasteiger partial charge >= 0.3 is 0 Å². The second-order valence-electron chi connectivity index (χ2n) is 7.14. The van der Waals surface area contributed by atoms with Gasteiger partial charge in [0.15, 0.2) is 5.13 Å². The first-order chi connectivity index (χ1) is 12.2. The van der Waals surface area contributed by atoms with Gasteiger partial charge in [-0.3, -0.25) is 4.79 Å². The van der Waals surface area contributed by atoms with Crippen molar-refractivity contribution in [1.29, 1.82) is 0 Å². The largest absolute Gasteiger partial charge is 0.302 e. The van der Waals surface area contributed by atoms with Crippen LogP contribution in [0.5, 0.6) is 0 Å². The van der Waals surface area contributed by atoms with Gasteiger partial charge in [0.05, 0.1) is 5.69 Å². The molecule has 0 aliphatic heterocycles. The summed E-state index contributed by atoms with van der Waals surface area (Å²) in [7, 11) is 0. The van der Waals surface area contributed by atoms with Crippen LogP contribution in [-0.4, -0.2) is 10.9 Å². The van der Waals surface area contributed by atoms with Crippen LogP contribution in [0.15, 0.2) is 30.3 Å². The molecule has 1 saturated carbocycles. The summed E-state index contributed by atoms with van der Waals surface area (Å²) in [5.74, 6) is 1.14. The molecule has 1 N–H and O–H groups in total. The lowest BCUT2D eigenvalue weighted by molar-refractivity contribution is -0.121. The summed E-state index contributed by atoms with van der Waals surface area (Å²) in [6, 6.07) is 10.2. The molecule has 1 aromatic carbocycles. The molecule has 0 radical (unpaired) electrons. The van der Waals surface area contributed by atoms with Crippen molar-refractivity contribution in [3.63, 3.8) is 0 Å². The Morgan fingerprint density at radius 1 is 1.20 bits per heavy atom. The Bertz CT molecular complexity index is 687. The first-order valence-corrected chi connectivity index (χ1v) is 10.3. The molecule has 25 heavy (non-hydrogen) atoms. The molecule has 0 saturated heterocycles. The third-order valence-corrected chi connectivity index (χ3v) is 6.14. The lowest BCUT2D eigenvalue weighted by atomic mass is 9.79. The number of aromatic nitrogens is 1. The summed E-state index contributed by atoms with van der Waals surface area (Å²) in [6.45, 7) is 4.31. The van der Waals surface area contributed by atoms with E-state index in [-0.39, 0.29) is 11.8 Å². The average Bonchev–Trinajstić information content (AvgIpc) is 3.01. The highest BCUT2D eigenvalue weighted by molar-refractivity contribution is 7.16. The SMILES string of the molecule is CCCCC1CCC(C(=O)Nc2nc(-c3ccccc3)c(C)s2)CC1. The number of nitrogens with zero attached hydrogens (tertiary/aromatic N) is 1. The molecule has 0 spiro atoms. The van der Waals surface area contributed by atoms with E-state index >= 15 is 0 Å².